The number of aromatic amines is 1. The number of amides is 3. The van der Waals surface area contributed by atoms with E-state index in [1.54, 1.807) is 0 Å². The van der Waals surface area contributed by atoms with E-state index in [0.29, 0.717) is 11.2 Å². The van der Waals surface area contributed by atoms with Crippen LogP contribution in [0.3, 0.4) is 0 Å². The number of ether oxygens (including phenoxy) is 1. The molecule has 11 heteroatoms. The average molecular weight is 470 g/mol. The highest BCUT2D eigenvalue weighted by molar-refractivity contribution is 6.21. The van der Waals surface area contributed by atoms with Crippen LogP contribution in [0.4, 0.5) is 5.82 Å². The first-order valence-corrected chi connectivity index (χ1v) is 10.6. The van der Waals surface area contributed by atoms with E-state index < -0.39 is 29.8 Å². The number of nitrogens with one attached hydrogen (secondary N) is 2. The number of hydrogen-bond acceptors (Lipinski definition) is 8. The fourth-order valence-electron chi connectivity index (χ4n) is 3.69. The van der Waals surface area contributed by atoms with Crippen molar-refractivity contribution >= 4 is 40.7 Å². The monoisotopic (exact) mass is 470 g/mol. The number of imide groups is 1. The molecule has 1 unspecified atom stereocenters. The number of carbonyl (C=O) groups is 4. The van der Waals surface area contributed by atoms with Gasteiger partial charge in [0, 0.05) is 0 Å². The van der Waals surface area contributed by atoms with Gasteiger partial charge in [0.1, 0.15) is 11.8 Å². The lowest BCUT2D eigenvalue weighted by Gasteiger charge is -2.14. The van der Waals surface area contributed by atoms with Gasteiger partial charge in [-0.2, -0.15) is 0 Å². The lowest BCUT2D eigenvalue weighted by Crippen LogP contribution is -2.30. The van der Waals surface area contributed by atoms with Crippen molar-refractivity contribution in [3.63, 3.8) is 0 Å². The van der Waals surface area contributed by atoms with E-state index in [1.807, 2.05) is 30.3 Å². The van der Waals surface area contributed by atoms with Gasteiger partial charge < -0.3 is 15.0 Å². The highest BCUT2D eigenvalue weighted by atomic mass is 16.5. The third-order valence-electron chi connectivity index (χ3n) is 5.51. The minimum atomic E-state index is -1.17. The van der Waals surface area contributed by atoms with Gasteiger partial charge in [-0.15, -0.1) is 0 Å². The highest BCUT2D eigenvalue weighted by Crippen LogP contribution is 2.26. The molecule has 3 amide bonds. The number of hydrogen-bond donors (Lipinski definition) is 2. The van der Waals surface area contributed by atoms with Crippen LogP contribution >= 0.6 is 0 Å². The largest absolute Gasteiger partial charge is 0.449 e. The molecule has 2 aromatic carbocycles. The van der Waals surface area contributed by atoms with E-state index in [-0.39, 0.29) is 29.1 Å². The van der Waals surface area contributed by atoms with E-state index >= 15 is 0 Å². The SMILES string of the molecule is CC(OC(=O)c1ccc2c(c1)C(=O)N(Cc1ccccc1)C2=O)C(=O)Nc1ncnc2nc[nH]c12. The van der Waals surface area contributed by atoms with Gasteiger partial charge in [0.2, 0.25) is 0 Å². The molecule has 1 aliphatic heterocycles. The molecule has 0 saturated heterocycles. The van der Waals surface area contributed by atoms with E-state index in [2.05, 4.69) is 25.3 Å². The van der Waals surface area contributed by atoms with Crippen molar-refractivity contribution in [2.45, 2.75) is 19.6 Å². The van der Waals surface area contributed by atoms with Crippen LogP contribution in [0.5, 0.6) is 0 Å². The number of nitrogens with zero attached hydrogens (tertiary/aromatic N) is 4. The van der Waals surface area contributed by atoms with Crippen LogP contribution in [0, 0.1) is 0 Å². The first-order valence-electron chi connectivity index (χ1n) is 10.6. The summed E-state index contributed by atoms with van der Waals surface area (Å²) in [7, 11) is 0. The molecular formula is C24H18N6O5. The van der Waals surface area contributed by atoms with Crippen LogP contribution < -0.4 is 5.32 Å². The predicted octanol–water partition coefficient (Wildman–Crippen LogP) is 2.33. The molecule has 4 aromatic rings. The van der Waals surface area contributed by atoms with Gasteiger partial charge in [-0.05, 0) is 30.7 Å². The van der Waals surface area contributed by atoms with Crippen LogP contribution in [0.2, 0.25) is 0 Å². The smallest absolute Gasteiger partial charge is 0.338 e. The van der Waals surface area contributed by atoms with Crippen molar-refractivity contribution in [3.8, 4) is 0 Å². The van der Waals surface area contributed by atoms with Gasteiger partial charge in [0.25, 0.3) is 17.7 Å². The Hall–Kier alpha value is -4.93. The van der Waals surface area contributed by atoms with Crippen LogP contribution in [0.15, 0.2) is 61.2 Å². The Morgan fingerprint density at radius 3 is 2.60 bits per heavy atom. The summed E-state index contributed by atoms with van der Waals surface area (Å²) in [6.45, 7) is 1.53. The van der Waals surface area contributed by atoms with E-state index in [9.17, 15) is 19.2 Å². The second kappa shape index (κ2) is 8.78. The van der Waals surface area contributed by atoms with Gasteiger partial charge in [0.15, 0.2) is 17.6 Å². The maximum atomic E-state index is 12.9. The topological polar surface area (TPSA) is 147 Å². The summed E-state index contributed by atoms with van der Waals surface area (Å²) in [6.07, 6.45) is 1.49. The molecule has 0 spiro atoms. The molecule has 1 aliphatic rings. The predicted molar refractivity (Wildman–Crippen MR) is 122 cm³/mol. The molecule has 0 fully saturated rings. The van der Waals surface area contributed by atoms with Crippen LogP contribution in [0.25, 0.3) is 11.2 Å². The standard InChI is InChI=1S/C24H18N6O5/c1-13(21(31)29-20-18-19(26-11-25-18)27-12-28-20)35-24(34)15-7-8-16-17(9-15)23(33)30(22(16)32)10-14-5-3-2-4-6-14/h2-9,11-13H,10H2,1H3,(H2,25,26,27,28,29,31). The fourth-order valence-corrected chi connectivity index (χ4v) is 3.69. The lowest BCUT2D eigenvalue weighted by atomic mass is 10.1. The zero-order chi connectivity index (χ0) is 24.5. The third-order valence-corrected chi connectivity index (χ3v) is 5.51. The molecule has 11 nitrogen and oxygen atoms in total. The maximum absolute atomic E-state index is 12.9. The molecule has 35 heavy (non-hydrogen) atoms. The van der Waals surface area contributed by atoms with Crippen molar-refractivity contribution in [2.75, 3.05) is 5.32 Å². The minimum Gasteiger partial charge on any atom is -0.449 e. The number of H-pyrrole nitrogens is 1. The first kappa shape index (κ1) is 21.9. The summed E-state index contributed by atoms with van der Waals surface area (Å²) in [5, 5.41) is 2.57. The fraction of sp³-hybridized carbons (Fsp3) is 0.125. The lowest BCUT2D eigenvalue weighted by molar-refractivity contribution is -0.123. The van der Waals surface area contributed by atoms with Crippen LogP contribution in [0.1, 0.15) is 43.6 Å². The number of anilines is 1. The number of carbonyl (C=O) groups excluding carboxylic acids is 4. The van der Waals surface area contributed by atoms with Crippen LogP contribution in [-0.2, 0) is 16.1 Å². The summed E-state index contributed by atoms with van der Waals surface area (Å²) in [4.78, 5) is 66.8. The highest BCUT2D eigenvalue weighted by Gasteiger charge is 2.36. The normalized spacial score (nSPS) is 13.6. The summed E-state index contributed by atoms with van der Waals surface area (Å²) in [5.41, 5.74) is 1.97. The van der Waals surface area contributed by atoms with Crippen molar-refractivity contribution < 1.29 is 23.9 Å². The number of aromatic nitrogens is 4. The summed E-state index contributed by atoms with van der Waals surface area (Å²) < 4.78 is 5.28. The van der Waals surface area contributed by atoms with Gasteiger partial charge in [-0.25, -0.2) is 19.7 Å². The first-order chi connectivity index (χ1) is 16.9. The summed E-state index contributed by atoms with van der Waals surface area (Å²) in [5.74, 6) is -2.17. The number of benzene rings is 2. The Labute approximate surface area is 198 Å². The minimum absolute atomic E-state index is 0.0455. The number of esters is 1. The molecule has 0 bridgehead atoms. The van der Waals surface area contributed by atoms with Crippen molar-refractivity contribution in [1.82, 2.24) is 24.8 Å². The Kier molecular flexibility index (Phi) is 5.49. The zero-order valence-corrected chi connectivity index (χ0v) is 18.4. The molecule has 1 atom stereocenters. The van der Waals surface area contributed by atoms with Gasteiger partial charge in [0.05, 0.1) is 29.6 Å². The molecule has 3 heterocycles. The average Bonchev–Trinajstić information content (AvgIpc) is 3.44. The number of rotatable bonds is 6. The molecule has 5 rings (SSSR count). The van der Waals surface area contributed by atoms with E-state index in [0.717, 1.165) is 10.5 Å². The Balaban J connectivity index is 1.28. The number of fused-ring (bicyclic) bond motifs is 2. The van der Waals surface area contributed by atoms with E-state index in [4.69, 9.17) is 4.74 Å². The third kappa shape index (κ3) is 4.10. The quantitative estimate of drug-likeness (QED) is 0.322. The second-order valence-corrected chi connectivity index (χ2v) is 7.80. The van der Waals surface area contributed by atoms with Gasteiger partial charge >= 0.3 is 5.97 Å². The second-order valence-electron chi connectivity index (χ2n) is 7.80. The molecule has 0 aliphatic carbocycles. The number of imidazole rings is 1. The van der Waals surface area contributed by atoms with Gasteiger partial charge in [-0.3, -0.25) is 19.3 Å². The molecule has 174 valence electrons. The molecule has 2 aromatic heterocycles. The van der Waals surface area contributed by atoms with Crippen molar-refractivity contribution in [1.29, 1.82) is 0 Å². The summed E-state index contributed by atoms with van der Waals surface area (Å²) >= 11 is 0. The van der Waals surface area contributed by atoms with Gasteiger partial charge in [-0.1, -0.05) is 30.3 Å². The van der Waals surface area contributed by atoms with Crippen molar-refractivity contribution in [3.05, 3.63) is 83.4 Å². The Morgan fingerprint density at radius 1 is 1.03 bits per heavy atom. The maximum Gasteiger partial charge on any atom is 0.338 e. The molecule has 0 saturated carbocycles. The van der Waals surface area contributed by atoms with E-state index in [1.165, 1.54) is 37.8 Å². The molecule has 2 N–H and O–H groups in total. The molecular weight excluding hydrogens is 452 g/mol. The molecule has 0 radical (unpaired) electrons. The Bertz CT molecular complexity index is 1480. The summed E-state index contributed by atoms with van der Waals surface area (Å²) in [6, 6.07) is 13.2. The Morgan fingerprint density at radius 2 is 1.80 bits per heavy atom. The zero-order valence-electron chi connectivity index (χ0n) is 18.4. The van der Waals surface area contributed by atoms with Crippen molar-refractivity contribution in [2.24, 2.45) is 0 Å². The van der Waals surface area contributed by atoms with Crippen LogP contribution in [-0.4, -0.2) is 54.6 Å².